The Labute approximate surface area is 68.7 Å². The van der Waals surface area contributed by atoms with E-state index in [0.29, 0.717) is 0 Å². The first kappa shape index (κ1) is 11.3. The minimum absolute atomic E-state index is 0.466. The van der Waals surface area contributed by atoms with Gasteiger partial charge in [0, 0.05) is 13.5 Å². The molecule has 0 rings (SSSR count). The summed E-state index contributed by atoms with van der Waals surface area (Å²) in [5, 5.41) is 8.14. The SMILES string of the molecule is COP(=O)(O)C(=O)CCC(=O)O. The third kappa shape index (κ3) is 3.61. The quantitative estimate of drug-likeness (QED) is 0.609. The van der Waals surface area contributed by atoms with Crippen LogP contribution in [-0.2, 0) is 18.7 Å². The molecule has 0 saturated carbocycles. The Kier molecular flexibility index (Phi) is 4.09. The zero-order chi connectivity index (χ0) is 9.78. The molecule has 12 heavy (non-hydrogen) atoms. The van der Waals surface area contributed by atoms with Crippen molar-refractivity contribution in [2.75, 3.05) is 7.11 Å². The average molecular weight is 196 g/mol. The van der Waals surface area contributed by atoms with Gasteiger partial charge in [0.2, 0.25) is 5.52 Å². The molecule has 0 aromatic heterocycles. The van der Waals surface area contributed by atoms with E-state index in [-0.39, 0.29) is 0 Å². The van der Waals surface area contributed by atoms with Gasteiger partial charge in [0.25, 0.3) is 0 Å². The molecule has 0 aromatic carbocycles. The van der Waals surface area contributed by atoms with Crippen molar-refractivity contribution in [2.24, 2.45) is 0 Å². The van der Waals surface area contributed by atoms with E-state index in [9.17, 15) is 14.2 Å². The molecule has 1 atom stereocenters. The van der Waals surface area contributed by atoms with E-state index in [1.54, 1.807) is 0 Å². The molecule has 0 aliphatic rings. The van der Waals surface area contributed by atoms with Gasteiger partial charge in [-0.15, -0.1) is 0 Å². The van der Waals surface area contributed by atoms with Crippen LogP contribution in [0.3, 0.4) is 0 Å². The lowest BCUT2D eigenvalue weighted by molar-refractivity contribution is -0.138. The third-order valence-electron chi connectivity index (χ3n) is 1.12. The fourth-order valence-electron chi connectivity index (χ4n) is 0.457. The van der Waals surface area contributed by atoms with Crippen LogP contribution in [0.1, 0.15) is 12.8 Å². The molecule has 6 nitrogen and oxygen atoms in total. The fourth-order valence-corrected chi connectivity index (χ4v) is 1.05. The summed E-state index contributed by atoms with van der Waals surface area (Å²) in [4.78, 5) is 29.3. The summed E-state index contributed by atoms with van der Waals surface area (Å²) in [7, 11) is -3.31. The van der Waals surface area contributed by atoms with Crippen LogP contribution in [0, 0.1) is 0 Å². The summed E-state index contributed by atoms with van der Waals surface area (Å²) in [6.45, 7) is 0. The number of carboxylic acid groups (broad SMARTS) is 1. The second-order valence-corrected chi connectivity index (χ2v) is 3.90. The Morgan fingerprint density at radius 2 is 1.92 bits per heavy atom. The summed E-state index contributed by atoms with van der Waals surface area (Å²) >= 11 is 0. The van der Waals surface area contributed by atoms with Crippen molar-refractivity contribution in [1.82, 2.24) is 0 Å². The minimum atomic E-state index is -4.22. The number of aliphatic carboxylic acids is 1. The number of carboxylic acids is 1. The molecule has 2 N–H and O–H groups in total. The van der Waals surface area contributed by atoms with Crippen LogP contribution in [-0.4, -0.2) is 28.6 Å². The molecule has 0 aliphatic carbocycles. The molecule has 0 heterocycles. The van der Waals surface area contributed by atoms with Crippen molar-refractivity contribution in [3.05, 3.63) is 0 Å². The highest BCUT2D eigenvalue weighted by molar-refractivity contribution is 7.70. The number of hydrogen-bond acceptors (Lipinski definition) is 4. The number of carbonyl (C=O) groups excluding carboxylic acids is 1. The van der Waals surface area contributed by atoms with E-state index >= 15 is 0 Å². The van der Waals surface area contributed by atoms with Crippen molar-refractivity contribution in [3.63, 3.8) is 0 Å². The molecule has 1 unspecified atom stereocenters. The first-order valence-corrected chi connectivity index (χ1v) is 4.61. The van der Waals surface area contributed by atoms with Crippen molar-refractivity contribution < 1.29 is 28.7 Å². The van der Waals surface area contributed by atoms with Crippen molar-refractivity contribution in [1.29, 1.82) is 0 Å². The maximum atomic E-state index is 10.7. The Morgan fingerprint density at radius 3 is 2.25 bits per heavy atom. The maximum absolute atomic E-state index is 10.7. The van der Waals surface area contributed by atoms with Gasteiger partial charge in [0.05, 0.1) is 6.42 Å². The molecular weight excluding hydrogens is 187 g/mol. The topological polar surface area (TPSA) is 101 Å². The van der Waals surface area contributed by atoms with Crippen LogP contribution in [0.4, 0.5) is 0 Å². The maximum Gasteiger partial charge on any atom is 0.393 e. The summed E-state index contributed by atoms with van der Waals surface area (Å²) in [5.41, 5.74) is -1.08. The van der Waals surface area contributed by atoms with E-state index in [4.69, 9.17) is 10.00 Å². The normalized spacial score (nSPS) is 15.2. The molecule has 0 saturated heterocycles. The minimum Gasteiger partial charge on any atom is -0.481 e. The van der Waals surface area contributed by atoms with Gasteiger partial charge in [0.15, 0.2) is 0 Å². The predicted molar refractivity (Wildman–Crippen MR) is 38.7 cm³/mol. The molecule has 0 spiro atoms. The highest BCUT2D eigenvalue weighted by Gasteiger charge is 2.28. The summed E-state index contributed by atoms with van der Waals surface area (Å²) in [6, 6.07) is 0. The van der Waals surface area contributed by atoms with E-state index in [2.05, 4.69) is 4.52 Å². The van der Waals surface area contributed by atoms with E-state index in [1.165, 1.54) is 0 Å². The summed E-state index contributed by atoms with van der Waals surface area (Å²) in [5.74, 6) is -1.19. The van der Waals surface area contributed by atoms with E-state index in [1.807, 2.05) is 0 Å². The molecular formula is C5H9O6P. The van der Waals surface area contributed by atoms with Crippen molar-refractivity contribution >= 4 is 19.1 Å². The zero-order valence-electron chi connectivity index (χ0n) is 6.39. The van der Waals surface area contributed by atoms with Crippen LogP contribution in [0.25, 0.3) is 0 Å². The second-order valence-electron chi connectivity index (χ2n) is 1.99. The monoisotopic (exact) mass is 196 g/mol. The molecule has 0 bridgehead atoms. The van der Waals surface area contributed by atoms with Gasteiger partial charge < -0.3 is 14.5 Å². The largest absolute Gasteiger partial charge is 0.481 e. The highest BCUT2D eigenvalue weighted by atomic mass is 31.2. The number of carbonyl (C=O) groups is 2. The van der Waals surface area contributed by atoms with Gasteiger partial charge >= 0.3 is 13.6 Å². The van der Waals surface area contributed by atoms with Crippen LogP contribution in [0.5, 0.6) is 0 Å². The number of hydrogen-bond donors (Lipinski definition) is 2. The van der Waals surface area contributed by atoms with Gasteiger partial charge in [-0.25, -0.2) is 0 Å². The fraction of sp³-hybridized carbons (Fsp3) is 0.600. The summed E-state index contributed by atoms with van der Waals surface area (Å²) in [6.07, 6.45) is -0.955. The van der Waals surface area contributed by atoms with E-state index < -0.39 is 31.9 Å². The van der Waals surface area contributed by atoms with Gasteiger partial charge in [-0.3, -0.25) is 14.2 Å². The molecule has 0 fully saturated rings. The number of rotatable bonds is 5. The van der Waals surface area contributed by atoms with Crippen LogP contribution >= 0.6 is 7.60 Å². The van der Waals surface area contributed by atoms with Crippen molar-refractivity contribution in [2.45, 2.75) is 12.8 Å². The third-order valence-corrected chi connectivity index (χ3v) is 2.46. The Balaban J connectivity index is 4.05. The lowest BCUT2D eigenvalue weighted by Crippen LogP contribution is -2.04. The highest BCUT2D eigenvalue weighted by Crippen LogP contribution is 2.42. The second kappa shape index (κ2) is 4.35. The first-order chi connectivity index (χ1) is 5.40. The average Bonchev–Trinajstić information content (AvgIpc) is 2.00. The van der Waals surface area contributed by atoms with Gasteiger partial charge in [0.1, 0.15) is 0 Å². The Bertz CT molecular complexity index is 234. The standard InChI is InChI=1S/C5H9O6P/c1-11-12(9,10)5(8)3-2-4(6)7/h2-3H2,1H3,(H,6,7)(H,9,10). The van der Waals surface area contributed by atoms with Crippen LogP contribution in [0.2, 0.25) is 0 Å². The smallest absolute Gasteiger partial charge is 0.393 e. The first-order valence-electron chi connectivity index (χ1n) is 3.04. The van der Waals surface area contributed by atoms with Crippen LogP contribution in [0.15, 0.2) is 0 Å². The van der Waals surface area contributed by atoms with Crippen molar-refractivity contribution in [3.8, 4) is 0 Å². The molecule has 0 aromatic rings. The zero-order valence-corrected chi connectivity index (χ0v) is 7.28. The van der Waals surface area contributed by atoms with Gasteiger partial charge in [-0.2, -0.15) is 0 Å². The van der Waals surface area contributed by atoms with Crippen LogP contribution < -0.4 is 0 Å². The van der Waals surface area contributed by atoms with E-state index in [0.717, 1.165) is 7.11 Å². The lowest BCUT2D eigenvalue weighted by atomic mass is 10.3. The van der Waals surface area contributed by atoms with Gasteiger partial charge in [-0.1, -0.05) is 0 Å². The Hall–Kier alpha value is -0.710. The lowest BCUT2D eigenvalue weighted by Gasteiger charge is -2.04. The molecule has 7 heteroatoms. The molecule has 0 aliphatic heterocycles. The molecule has 70 valence electrons. The molecule has 0 radical (unpaired) electrons. The van der Waals surface area contributed by atoms with Gasteiger partial charge in [-0.05, 0) is 0 Å². The predicted octanol–water partition coefficient (Wildman–Crippen LogP) is 0.210. The molecule has 0 amide bonds. The Morgan fingerprint density at radius 1 is 1.42 bits per heavy atom. The summed E-state index contributed by atoms with van der Waals surface area (Å²) < 4.78 is 14.7.